The Bertz CT molecular complexity index is 384. The third-order valence-electron chi connectivity index (χ3n) is 4.68. The van der Waals surface area contributed by atoms with Gasteiger partial charge in [-0.05, 0) is 25.2 Å². The monoisotopic (exact) mass is 331 g/mol. The van der Waals surface area contributed by atoms with Crippen molar-refractivity contribution >= 4 is 24.2 Å². The van der Waals surface area contributed by atoms with Gasteiger partial charge in [0.1, 0.15) is 0 Å². The molecule has 1 aliphatic carbocycles. The first-order valence-corrected chi connectivity index (χ1v) is 8.31. The second-order valence-corrected chi connectivity index (χ2v) is 6.96. The quantitative estimate of drug-likeness (QED) is 0.777. The average Bonchev–Trinajstić information content (AvgIpc) is 3.06. The molecule has 2 rings (SSSR count). The Morgan fingerprint density at radius 1 is 1.36 bits per heavy atom. The molecule has 1 heterocycles. The first-order valence-electron chi connectivity index (χ1n) is 8.31. The minimum atomic E-state index is -0.195. The summed E-state index contributed by atoms with van der Waals surface area (Å²) in [6.07, 6.45) is 5.85. The summed E-state index contributed by atoms with van der Waals surface area (Å²) >= 11 is 0. The van der Waals surface area contributed by atoms with Gasteiger partial charge in [-0.25, -0.2) is 0 Å². The van der Waals surface area contributed by atoms with Crippen LogP contribution in [0.5, 0.6) is 0 Å². The van der Waals surface area contributed by atoms with Crippen molar-refractivity contribution in [3.63, 3.8) is 0 Å². The second kappa shape index (κ2) is 8.73. The van der Waals surface area contributed by atoms with E-state index in [1.54, 1.807) is 0 Å². The molecular formula is C16H30ClN3O2. The zero-order valence-electron chi connectivity index (χ0n) is 13.7. The third kappa shape index (κ3) is 4.85. The fourth-order valence-electron chi connectivity index (χ4n) is 3.58. The van der Waals surface area contributed by atoms with E-state index in [-0.39, 0.29) is 36.2 Å². The van der Waals surface area contributed by atoms with E-state index in [0.29, 0.717) is 31.5 Å². The molecule has 1 aliphatic heterocycles. The summed E-state index contributed by atoms with van der Waals surface area (Å²) in [5.41, 5.74) is 5.73. The molecule has 2 aliphatic rings. The highest BCUT2D eigenvalue weighted by Crippen LogP contribution is 2.29. The van der Waals surface area contributed by atoms with E-state index in [1.165, 1.54) is 12.8 Å². The van der Waals surface area contributed by atoms with Gasteiger partial charge in [0, 0.05) is 31.6 Å². The number of likely N-dealkylation sites (tertiary alicyclic amines) is 1. The summed E-state index contributed by atoms with van der Waals surface area (Å²) in [7, 11) is 0. The first kappa shape index (κ1) is 19.2. The van der Waals surface area contributed by atoms with Crippen LogP contribution >= 0.6 is 12.4 Å². The number of nitrogens with one attached hydrogen (secondary N) is 1. The van der Waals surface area contributed by atoms with Gasteiger partial charge in [-0.2, -0.15) is 0 Å². The van der Waals surface area contributed by atoms with Gasteiger partial charge in [-0.15, -0.1) is 12.4 Å². The lowest BCUT2D eigenvalue weighted by molar-refractivity contribution is -0.130. The van der Waals surface area contributed by atoms with E-state index in [9.17, 15) is 9.59 Å². The summed E-state index contributed by atoms with van der Waals surface area (Å²) in [5.74, 6) is 0.452. The Kier molecular flexibility index (Phi) is 7.63. The molecule has 0 bridgehead atoms. The molecule has 0 aromatic heterocycles. The maximum atomic E-state index is 12.4. The van der Waals surface area contributed by atoms with Crippen LogP contribution < -0.4 is 11.1 Å². The molecule has 0 spiro atoms. The van der Waals surface area contributed by atoms with Crippen LogP contribution in [-0.4, -0.2) is 41.9 Å². The van der Waals surface area contributed by atoms with Gasteiger partial charge in [-0.3, -0.25) is 9.59 Å². The van der Waals surface area contributed by atoms with Crippen LogP contribution in [0.1, 0.15) is 52.4 Å². The molecule has 5 nitrogen and oxygen atoms in total. The largest absolute Gasteiger partial charge is 0.352 e. The first-order chi connectivity index (χ1) is 10.0. The minimum absolute atomic E-state index is 0. The van der Waals surface area contributed by atoms with Crippen molar-refractivity contribution < 1.29 is 9.59 Å². The summed E-state index contributed by atoms with van der Waals surface area (Å²) in [6, 6.07) is 0.393. The normalized spacial score (nSPS) is 23.7. The van der Waals surface area contributed by atoms with Crippen LogP contribution in [0.4, 0.5) is 0 Å². The van der Waals surface area contributed by atoms with Crippen LogP contribution in [0.3, 0.4) is 0 Å². The zero-order valence-corrected chi connectivity index (χ0v) is 14.5. The molecule has 2 amide bonds. The lowest BCUT2D eigenvalue weighted by atomic mass is 10.0. The molecule has 1 saturated heterocycles. The van der Waals surface area contributed by atoms with Crippen molar-refractivity contribution in [1.82, 2.24) is 10.2 Å². The highest BCUT2D eigenvalue weighted by Gasteiger charge is 2.38. The number of carbonyl (C=O) groups excluding carboxylic acids is 2. The Morgan fingerprint density at radius 2 is 2.00 bits per heavy atom. The van der Waals surface area contributed by atoms with Gasteiger partial charge >= 0.3 is 0 Å². The van der Waals surface area contributed by atoms with Crippen LogP contribution in [0.15, 0.2) is 0 Å². The van der Waals surface area contributed by atoms with Gasteiger partial charge in [0.15, 0.2) is 0 Å². The molecular weight excluding hydrogens is 302 g/mol. The molecule has 22 heavy (non-hydrogen) atoms. The number of rotatable bonds is 6. The van der Waals surface area contributed by atoms with Crippen molar-refractivity contribution in [3.05, 3.63) is 0 Å². The summed E-state index contributed by atoms with van der Waals surface area (Å²) in [5, 5.41) is 3.03. The second-order valence-electron chi connectivity index (χ2n) is 6.96. The topological polar surface area (TPSA) is 75.4 Å². The van der Waals surface area contributed by atoms with Crippen LogP contribution in [0.25, 0.3) is 0 Å². The van der Waals surface area contributed by atoms with Crippen LogP contribution in [0, 0.1) is 11.8 Å². The Balaban J connectivity index is 0.00000242. The molecule has 128 valence electrons. The lowest BCUT2D eigenvalue weighted by Crippen LogP contribution is -2.44. The van der Waals surface area contributed by atoms with Crippen molar-refractivity contribution in [1.29, 1.82) is 0 Å². The number of carbonyl (C=O) groups is 2. The number of halogens is 1. The average molecular weight is 332 g/mol. The third-order valence-corrected chi connectivity index (χ3v) is 4.68. The highest BCUT2D eigenvalue weighted by atomic mass is 35.5. The fourth-order valence-corrected chi connectivity index (χ4v) is 3.58. The summed E-state index contributed by atoms with van der Waals surface area (Å²) < 4.78 is 0. The van der Waals surface area contributed by atoms with Gasteiger partial charge in [0.25, 0.3) is 0 Å². The highest BCUT2D eigenvalue weighted by molar-refractivity contribution is 5.89. The molecule has 3 N–H and O–H groups in total. The predicted molar refractivity (Wildman–Crippen MR) is 89.8 cm³/mol. The van der Waals surface area contributed by atoms with Gasteiger partial charge in [0.05, 0.1) is 5.92 Å². The Hall–Kier alpha value is -0.810. The number of nitrogens with two attached hydrogens (primary N) is 1. The van der Waals surface area contributed by atoms with Crippen molar-refractivity contribution in [2.75, 3.05) is 13.1 Å². The number of hydrogen-bond acceptors (Lipinski definition) is 3. The molecule has 2 fully saturated rings. The van der Waals surface area contributed by atoms with Crippen molar-refractivity contribution in [3.8, 4) is 0 Å². The number of amides is 2. The minimum Gasteiger partial charge on any atom is -0.352 e. The number of hydrogen-bond donors (Lipinski definition) is 2. The van der Waals surface area contributed by atoms with E-state index in [4.69, 9.17) is 5.73 Å². The molecule has 0 aromatic carbocycles. The predicted octanol–water partition coefficient (Wildman–Crippen LogP) is 1.69. The smallest absolute Gasteiger partial charge is 0.225 e. The molecule has 2 unspecified atom stereocenters. The van der Waals surface area contributed by atoms with E-state index in [2.05, 4.69) is 19.2 Å². The standard InChI is InChI=1S/C16H29N3O2.ClH/c1-11(2)7-13(9-17)18-16(21)12-8-15(20)19(10-12)14-5-3-4-6-14;/h11-14H,3-10,17H2,1-2H3,(H,18,21);1H. The van der Waals surface area contributed by atoms with E-state index in [1.807, 2.05) is 4.90 Å². The van der Waals surface area contributed by atoms with E-state index >= 15 is 0 Å². The molecule has 1 saturated carbocycles. The summed E-state index contributed by atoms with van der Waals surface area (Å²) in [4.78, 5) is 26.4. The van der Waals surface area contributed by atoms with Crippen LogP contribution in [0.2, 0.25) is 0 Å². The van der Waals surface area contributed by atoms with Gasteiger partial charge in [0.2, 0.25) is 11.8 Å². The van der Waals surface area contributed by atoms with E-state index < -0.39 is 0 Å². The lowest BCUT2D eigenvalue weighted by Gasteiger charge is -2.24. The Labute approximate surface area is 139 Å². The molecule has 0 radical (unpaired) electrons. The van der Waals surface area contributed by atoms with Crippen molar-refractivity contribution in [2.24, 2.45) is 17.6 Å². The zero-order chi connectivity index (χ0) is 15.4. The molecule has 6 heteroatoms. The van der Waals surface area contributed by atoms with E-state index in [0.717, 1.165) is 19.3 Å². The maximum absolute atomic E-state index is 12.4. The van der Waals surface area contributed by atoms with Crippen LogP contribution in [-0.2, 0) is 9.59 Å². The summed E-state index contributed by atoms with van der Waals surface area (Å²) in [6.45, 7) is 5.29. The Morgan fingerprint density at radius 3 is 2.55 bits per heavy atom. The van der Waals surface area contributed by atoms with Gasteiger partial charge in [-0.1, -0.05) is 26.7 Å². The molecule has 2 atom stereocenters. The maximum Gasteiger partial charge on any atom is 0.225 e. The van der Waals surface area contributed by atoms with Crippen molar-refractivity contribution in [2.45, 2.75) is 64.5 Å². The fraction of sp³-hybridized carbons (Fsp3) is 0.875. The van der Waals surface area contributed by atoms with Gasteiger partial charge < -0.3 is 16.0 Å². The number of nitrogens with zero attached hydrogens (tertiary/aromatic N) is 1. The molecule has 0 aromatic rings. The SMILES string of the molecule is CC(C)CC(CN)NC(=O)C1CC(=O)N(C2CCCC2)C1.Cl.